The third kappa shape index (κ3) is 1.70. The van der Waals surface area contributed by atoms with Gasteiger partial charge in [0.05, 0.1) is 6.61 Å². The number of aliphatic hydroxyl groups is 1. The first-order chi connectivity index (χ1) is 5.29. The lowest BCUT2D eigenvalue weighted by Crippen LogP contribution is -2.18. The monoisotopic (exact) mass is 154 g/mol. The fraction of sp³-hybridized carbons (Fsp3) is 0.556. The number of allylic oxidation sites excluding steroid dienone is 1. The van der Waals surface area contributed by atoms with E-state index in [-0.39, 0.29) is 11.8 Å². The summed E-state index contributed by atoms with van der Waals surface area (Å²) in [7, 11) is 0. The van der Waals surface area contributed by atoms with Crippen molar-refractivity contribution in [3.8, 4) is 0 Å². The van der Waals surface area contributed by atoms with E-state index in [4.69, 9.17) is 4.74 Å². The summed E-state index contributed by atoms with van der Waals surface area (Å²) in [6.07, 6.45) is 3.80. The van der Waals surface area contributed by atoms with E-state index < -0.39 is 6.29 Å². The molecule has 0 amide bonds. The first-order valence-corrected chi connectivity index (χ1v) is 3.82. The third-order valence-corrected chi connectivity index (χ3v) is 2.12. The zero-order chi connectivity index (χ0) is 8.27. The van der Waals surface area contributed by atoms with Crippen molar-refractivity contribution >= 4 is 0 Å². The molecule has 2 heteroatoms. The summed E-state index contributed by atoms with van der Waals surface area (Å²) in [6, 6.07) is 0. The van der Waals surface area contributed by atoms with Crippen molar-refractivity contribution in [2.45, 2.75) is 12.7 Å². The zero-order valence-corrected chi connectivity index (χ0v) is 6.57. The largest absolute Gasteiger partial charge is 0.368 e. The van der Waals surface area contributed by atoms with E-state index in [1.54, 1.807) is 6.08 Å². The van der Waals surface area contributed by atoms with Gasteiger partial charge in [0.1, 0.15) is 0 Å². The van der Waals surface area contributed by atoms with Crippen LogP contribution in [-0.2, 0) is 4.74 Å². The number of hydrogen-bond acceptors (Lipinski definition) is 2. The van der Waals surface area contributed by atoms with Crippen LogP contribution in [0.3, 0.4) is 0 Å². The molecule has 0 aromatic rings. The van der Waals surface area contributed by atoms with Crippen LogP contribution in [0.2, 0.25) is 0 Å². The fourth-order valence-corrected chi connectivity index (χ4v) is 1.39. The van der Waals surface area contributed by atoms with Gasteiger partial charge in [-0.2, -0.15) is 0 Å². The van der Waals surface area contributed by atoms with Gasteiger partial charge in [-0.1, -0.05) is 12.2 Å². The Kier molecular flexibility index (Phi) is 2.85. The molecule has 0 aliphatic carbocycles. The fourth-order valence-electron chi connectivity index (χ4n) is 1.39. The van der Waals surface area contributed by atoms with Crippen molar-refractivity contribution in [3.63, 3.8) is 0 Å². The minimum atomic E-state index is -0.629. The predicted molar refractivity (Wildman–Crippen MR) is 43.9 cm³/mol. The van der Waals surface area contributed by atoms with Gasteiger partial charge in [0.15, 0.2) is 6.29 Å². The molecule has 62 valence electrons. The Bertz CT molecular complexity index is 154. The van der Waals surface area contributed by atoms with Crippen molar-refractivity contribution in [1.29, 1.82) is 0 Å². The molecule has 0 saturated carbocycles. The number of rotatable bonds is 3. The van der Waals surface area contributed by atoms with E-state index in [1.807, 2.05) is 6.08 Å². The maximum atomic E-state index is 9.30. The summed E-state index contributed by atoms with van der Waals surface area (Å²) in [5.74, 6) is 0.438. The Hall–Kier alpha value is -0.600. The molecule has 2 nitrogen and oxygen atoms in total. The van der Waals surface area contributed by atoms with Crippen molar-refractivity contribution in [3.05, 3.63) is 25.3 Å². The van der Waals surface area contributed by atoms with Gasteiger partial charge in [-0.25, -0.2) is 0 Å². The quantitative estimate of drug-likeness (QED) is 0.621. The first-order valence-electron chi connectivity index (χ1n) is 3.82. The van der Waals surface area contributed by atoms with Gasteiger partial charge in [0, 0.05) is 11.8 Å². The summed E-state index contributed by atoms with van der Waals surface area (Å²) in [5, 5.41) is 9.30. The maximum Gasteiger partial charge on any atom is 0.158 e. The molecule has 0 spiro atoms. The van der Waals surface area contributed by atoms with Crippen LogP contribution < -0.4 is 0 Å². The molecular weight excluding hydrogens is 140 g/mol. The van der Waals surface area contributed by atoms with Crippen molar-refractivity contribution < 1.29 is 9.84 Å². The summed E-state index contributed by atoms with van der Waals surface area (Å²) in [4.78, 5) is 0. The second-order valence-corrected chi connectivity index (χ2v) is 2.81. The lowest BCUT2D eigenvalue weighted by molar-refractivity contribution is -0.0814. The van der Waals surface area contributed by atoms with Crippen molar-refractivity contribution in [2.24, 2.45) is 11.8 Å². The van der Waals surface area contributed by atoms with Gasteiger partial charge in [-0.05, 0) is 6.42 Å². The van der Waals surface area contributed by atoms with Crippen LogP contribution in [0.4, 0.5) is 0 Å². The van der Waals surface area contributed by atoms with Crippen LogP contribution in [0.15, 0.2) is 25.3 Å². The van der Waals surface area contributed by atoms with Crippen molar-refractivity contribution in [1.82, 2.24) is 0 Å². The smallest absolute Gasteiger partial charge is 0.158 e. The average Bonchev–Trinajstić information content (AvgIpc) is 2.34. The number of ether oxygens (including phenoxy) is 1. The van der Waals surface area contributed by atoms with E-state index in [2.05, 4.69) is 13.2 Å². The van der Waals surface area contributed by atoms with Crippen LogP contribution in [0, 0.1) is 11.8 Å². The molecule has 1 fully saturated rings. The summed E-state index contributed by atoms with van der Waals surface area (Å²) < 4.78 is 5.06. The van der Waals surface area contributed by atoms with Crippen LogP contribution in [0.5, 0.6) is 0 Å². The molecule has 1 N–H and O–H groups in total. The Morgan fingerprint density at radius 2 is 2.27 bits per heavy atom. The lowest BCUT2D eigenvalue weighted by atomic mass is 9.92. The number of aliphatic hydroxyl groups excluding tert-OH is 1. The van der Waals surface area contributed by atoms with E-state index in [0.717, 1.165) is 6.42 Å². The minimum Gasteiger partial charge on any atom is -0.368 e. The Balaban J connectivity index is 2.54. The highest BCUT2D eigenvalue weighted by molar-refractivity contribution is 4.92. The normalized spacial score (nSPS) is 37.0. The molecule has 1 aliphatic rings. The topological polar surface area (TPSA) is 29.5 Å². The van der Waals surface area contributed by atoms with E-state index in [9.17, 15) is 5.11 Å². The minimum absolute atomic E-state index is 0.157. The SMILES string of the molecule is C=CC[C@H]1C(O)OC[C@@H]1C=C. The summed E-state index contributed by atoms with van der Waals surface area (Å²) in [5.41, 5.74) is 0. The van der Waals surface area contributed by atoms with Crippen LogP contribution in [-0.4, -0.2) is 18.0 Å². The molecular formula is C9H14O2. The standard InChI is InChI=1S/C9H14O2/c1-3-5-8-7(4-2)6-11-9(8)10/h3-4,7-10H,1-2,5-6H2/t7-,8+,9?/m0/s1. The van der Waals surface area contributed by atoms with Crippen molar-refractivity contribution in [2.75, 3.05) is 6.61 Å². The molecule has 1 rings (SSSR count). The highest BCUT2D eigenvalue weighted by atomic mass is 16.6. The molecule has 0 aromatic heterocycles. The molecule has 1 saturated heterocycles. The Morgan fingerprint density at radius 3 is 2.82 bits per heavy atom. The van der Waals surface area contributed by atoms with Gasteiger partial charge in [-0.15, -0.1) is 13.2 Å². The van der Waals surface area contributed by atoms with E-state index in [1.165, 1.54) is 0 Å². The first kappa shape index (κ1) is 8.50. The predicted octanol–water partition coefficient (Wildman–Crippen LogP) is 1.33. The third-order valence-electron chi connectivity index (χ3n) is 2.12. The summed E-state index contributed by atoms with van der Waals surface area (Å²) >= 11 is 0. The molecule has 1 aliphatic heterocycles. The van der Waals surface area contributed by atoms with Crippen LogP contribution in [0.1, 0.15) is 6.42 Å². The second kappa shape index (κ2) is 3.69. The molecule has 1 heterocycles. The van der Waals surface area contributed by atoms with E-state index in [0.29, 0.717) is 6.61 Å². The highest BCUT2D eigenvalue weighted by Gasteiger charge is 2.32. The maximum absolute atomic E-state index is 9.30. The van der Waals surface area contributed by atoms with Crippen LogP contribution >= 0.6 is 0 Å². The average molecular weight is 154 g/mol. The van der Waals surface area contributed by atoms with Gasteiger partial charge < -0.3 is 9.84 Å². The summed E-state index contributed by atoms with van der Waals surface area (Å²) in [6.45, 7) is 7.90. The molecule has 0 radical (unpaired) electrons. The molecule has 0 bridgehead atoms. The van der Waals surface area contributed by atoms with Gasteiger partial charge in [0.2, 0.25) is 0 Å². The lowest BCUT2D eigenvalue weighted by Gasteiger charge is -2.14. The van der Waals surface area contributed by atoms with E-state index >= 15 is 0 Å². The molecule has 3 atom stereocenters. The highest BCUT2D eigenvalue weighted by Crippen LogP contribution is 2.29. The zero-order valence-electron chi connectivity index (χ0n) is 6.57. The van der Waals surface area contributed by atoms with Gasteiger partial charge in [0.25, 0.3) is 0 Å². The second-order valence-electron chi connectivity index (χ2n) is 2.81. The Morgan fingerprint density at radius 1 is 1.55 bits per heavy atom. The van der Waals surface area contributed by atoms with Gasteiger partial charge in [-0.3, -0.25) is 0 Å². The Labute approximate surface area is 67.2 Å². The van der Waals surface area contributed by atoms with Gasteiger partial charge >= 0.3 is 0 Å². The molecule has 1 unspecified atom stereocenters. The molecule has 0 aromatic carbocycles. The molecule has 11 heavy (non-hydrogen) atoms. The number of hydrogen-bond donors (Lipinski definition) is 1. The van der Waals surface area contributed by atoms with Crippen LogP contribution in [0.25, 0.3) is 0 Å².